The van der Waals surface area contributed by atoms with Gasteiger partial charge >= 0.3 is 0 Å². The van der Waals surface area contributed by atoms with Gasteiger partial charge in [0.25, 0.3) is 5.91 Å². The van der Waals surface area contributed by atoms with E-state index in [2.05, 4.69) is 10.6 Å². The fourth-order valence-electron chi connectivity index (χ4n) is 2.35. The van der Waals surface area contributed by atoms with Crippen molar-refractivity contribution in [1.29, 1.82) is 0 Å². The first-order chi connectivity index (χ1) is 12.7. The topological polar surface area (TPSA) is 72.7 Å². The molecular formula is C20H20N2O4. The molecule has 134 valence electrons. The number of anilines is 2. The Labute approximate surface area is 151 Å². The largest absolute Gasteiger partial charge is 0.493 e. The highest BCUT2D eigenvalue weighted by Crippen LogP contribution is 2.25. The number of amides is 1. The summed E-state index contributed by atoms with van der Waals surface area (Å²) in [6.45, 7) is 0.504. The minimum Gasteiger partial charge on any atom is -0.493 e. The summed E-state index contributed by atoms with van der Waals surface area (Å²) in [4.78, 5) is 12.0. The third-order valence-electron chi connectivity index (χ3n) is 3.64. The molecule has 6 heteroatoms. The molecule has 0 saturated carbocycles. The molecule has 0 fully saturated rings. The number of para-hydroxylation sites is 2. The number of hydrogen-bond acceptors (Lipinski definition) is 5. The van der Waals surface area contributed by atoms with E-state index in [0.717, 1.165) is 11.4 Å². The Morgan fingerprint density at radius 3 is 2.38 bits per heavy atom. The van der Waals surface area contributed by atoms with Gasteiger partial charge in [0.15, 0.2) is 18.1 Å². The van der Waals surface area contributed by atoms with Crippen LogP contribution in [0.4, 0.5) is 11.4 Å². The second-order valence-electron chi connectivity index (χ2n) is 5.50. The molecule has 0 aliphatic carbocycles. The van der Waals surface area contributed by atoms with Crippen LogP contribution in [0.3, 0.4) is 0 Å². The molecule has 0 bridgehead atoms. The molecule has 0 atom stereocenters. The maximum absolute atomic E-state index is 12.0. The van der Waals surface area contributed by atoms with Gasteiger partial charge in [-0.3, -0.25) is 4.79 Å². The van der Waals surface area contributed by atoms with Crippen molar-refractivity contribution in [2.24, 2.45) is 0 Å². The molecule has 0 unspecified atom stereocenters. The summed E-state index contributed by atoms with van der Waals surface area (Å²) in [5.74, 6) is 1.73. The average Bonchev–Trinajstić information content (AvgIpc) is 3.20. The van der Waals surface area contributed by atoms with Gasteiger partial charge < -0.3 is 24.5 Å². The summed E-state index contributed by atoms with van der Waals surface area (Å²) in [5, 5.41) is 6.04. The lowest BCUT2D eigenvalue weighted by Crippen LogP contribution is -2.20. The molecular weight excluding hydrogens is 332 g/mol. The van der Waals surface area contributed by atoms with E-state index in [-0.39, 0.29) is 12.5 Å². The van der Waals surface area contributed by atoms with Crippen molar-refractivity contribution in [2.45, 2.75) is 6.54 Å². The lowest BCUT2D eigenvalue weighted by molar-refractivity contribution is -0.118. The molecule has 0 spiro atoms. The van der Waals surface area contributed by atoms with Crippen molar-refractivity contribution < 1.29 is 18.7 Å². The summed E-state index contributed by atoms with van der Waals surface area (Å²) in [6.07, 6.45) is 1.64. The van der Waals surface area contributed by atoms with Gasteiger partial charge in [0.1, 0.15) is 5.76 Å². The summed E-state index contributed by atoms with van der Waals surface area (Å²) in [7, 11) is 1.56. The lowest BCUT2D eigenvalue weighted by atomic mass is 10.2. The molecule has 0 aliphatic heterocycles. The number of methoxy groups -OCH3 is 1. The Kier molecular flexibility index (Phi) is 5.77. The maximum Gasteiger partial charge on any atom is 0.262 e. The summed E-state index contributed by atoms with van der Waals surface area (Å²) in [6, 6.07) is 18.4. The van der Waals surface area contributed by atoms with Gasteiger partial charge in [-0.25, -0.2) is 0 Å². The van der Waals surface area contributed by atoms with E-state index < -0.39 is 0 Å². The quantitative estimate of drug-likeness (QED) is 0.643. The molecule has 2 aromatic carbocycles. The molecule has 0 aliphatic rings. The zero-order chi connectivity index (χ0) is 18.2. The molecule has 3 rings (SSSR count). The molecule has 26 heavy (non-hydrogen) atoms. The van der Waals surface area contributed by atoms with E-state index in [1.807, 2.05) is 48.5 Å². The van der Waals surface area contributed by atoms with Crippen LogP contribution < -0.4 is 20.1 Å². The molecule has 2 N–H and O–H groups in total. The van der Waals surface area contributed by atoms with Crippen LogP contribution in [-0.2, 0) is 11.3 Å². The zero-order valence-corrected chi connectivity index (χ0v) is 14.4. The molecule has 1 heterocycles. The predicted molar refractivity (Wildman–Crippen MR) is 99.6 cm³/mol. The Hall–Kier alpha value is -3.41. The van der Waals surface area contributed by atoms with Crippen LogP contribution in [0.5, 0.6) is 11.5 Å². The number of nitrogens with one attached hydrogen (secondary N) is 2. The van der Waals surface area contributed by atoms with Crippen LogP contribution in [0.25, 0.3) is 0 Å². The summed E-state index contributed by atoms with van der Waals surface area (Å²) >= 11 is 0. The first-order valence-electron chi connectivity index (χ1n) is 8.16. The van der Waals surface area contributed by atoms with Crippen LogP contribution in [0.2, 0.25) is 0 Å². The second-order valence-corrected chi connectivity index (χ2v) is 5.50. The van der Waals surface area contributed by atoms with Crippen molar-refractivity contribution in [3.63, 3.8) is 0 Å². The van der Waals surface area contributed by atoms with Crippen LogP contribution >= 0.6 is 0 Å². The third kappa shape index (κ3) is 4.80. The van der Waals surface area contributed by atoms with Gasteiger partial charge in [-0.15, -0.1) is 0 Å². The normalized spacial score (nSPS) is 10.2. The minimum absolute atomic E-state index is 0.0983. The van der Waals surface area contributed by atoms with E-state index in [1.165, 1.54) is 0 Å². The van der Waals surface area contributed by atoms with Gasteiger partial charge in [0.05, 0.1) is 19.9 Å². The molecule has 3 aromatic rings. The van der Waals surface area contributed by atoms with E-state index in [1.54, 1.807) is 25.5 Å². The van der Waals surface area contributed by atoms with Crippen molar-refractivity contribution in [3.8, 4) is 11.5 Å². The van der Waals surface area contributed by atoms with E-state index in [9.17, 15) is 4.79 Å². The van der Waals surface area contributed by atoms with Crippen molar-refractivity contribution in [3.05, 3.63) is 72.7 Å². The van der Waals surface area contributed by atoms with Crippen molar-refractivity contribution >= 4 is 17.3 Å². The number of carbonyl (C=O) groups excluding carboxylic acids is 1. The maximum atomic E-state index is 12.0. The van der Waals surface area contributed by atoms with Crippen LogP contribution in [0.1, 0.15) is 5.76 Å². The molecule has 0 saturated heterocycles. The number of benzene rings is 2. The molecule has 6 nitrogen and oxygen atoms in total. The fourth-order valence-corrected chi connectivity index (χ4v) is 2.35. The summed E-state index contributed by atoms with van der Waals surface area (Å²) < 4.78 is 16.0. The Balaban J connectivity index is 1.48. The molecule has 1 amide bonds. The number of ether oxygens (including phenoxy) is 2. The van der Waals surface area contributed by atoms with E-state index in [4.69, 9.17) is 13.9 Å². The van der Waals surface area contributed by atoms with Gasteiger partial charge in [0.2, 0.25) is 0 Å². The monoisotopic (exact) mass is 352 g/mol. The second kappa shape index (κ2) is 8.62. The smallest absolute Gasteiger partial charge is 0.262 e. The number of hydrogen-bond donors (Lipinski definition) is 2. The SMILES string of the molecule is COc1ccccc1OCC(=O)Nc1ccc(NCc2ccco2)cc1. The third-order valence-corrected chi connectivity index (χ3v) is 3.64. The van der Waals surface area contributed by atoms with Crippen LogP contribution in [0, 0.1) is 0 Å². The van der Waals surface area contributed by atoms with Gasteiger partial charge in [0, 0.05) is 11.4 Å². The predicted octanol–water partition coefficient (Wildman–Crippen LogP) is 3.92. The van der Waals surface area contributed by atoms with Gasteiger partial charge in [-0.1, -0.05) is 12.1 Å². The first-order valence-corrected chi connectivity index (χ1v) is 8.16. The zero-order valence-electron chi connectivity index (χ0n) is 14.4. The number of furan rings is 1. The van der Waals surface area contributed by atoms with Crippen LogP contribution in [-0.4, -0.2) is 19.6 Å². The summed E-state index contributed by atoms with van der Waals surface area (Å²) in [5.41, 5.74) is 1.63. The first kappa shape index (κ1) is 17.4. The lowest BCUT2D eigenvalue weighted by Gasteiger charge is -2.11. The molecule has 1 aromatic heterocycles. The van der Waals surface area contributed by atoms with Crippen molar-refractivity contribution in [1.82, 2.24) is 0 Å². The van der Waals surface area contributed by atoms with Crippen LogP contribution in [0.15, 0.2) is 71.3 Å². The number of rotatable bonds is 8. The Morgan fingerprint density at radius 1 is 0.962 bits per heavy atom. The van der Waals surface area contributed by atoms with E-state index in [0.29, 0.717) is 23.7 Å². The van der Waals surface area contributed by atoms with E-state index >= 15 is 0 Å². The highest BCUT2D eigenvalue weighted by Gasteiger charge is 2.07. The average molecular weight is 352 g/mol. The van der Waals surface area contributed by atoms with Gasteiger partial charge in [-0.05, 0) is 48.5 Å². The highest BCUT2D eigenvalue weighted by atomic mass is 16.5. The Bertz CT molecular complexity index is 829. The van der Waals surface area contributed by atoms with Crippen molar-refractivity contribution in [2.75, 3.05) is 24.4 Å². The fraction of sp³-hybridized carbons (Fsp3) is 0.150. The highest BCUT2D eigenvalue weighted by molar-refractivity contribution is 5.92. The number of carbonyl (C=O) groups is 1. The standard InChI is InChI=1S/C20H20N2O4/c1-24-18-6-2-3-7-19(18)26-14-20(23)22-16-10-8-15(9-11-16)21-13-17-5-4-12-25-17/h2-12,21H,13-14H2,1H3,(H,22,23). The molecule has 0 radical (unpaired) electrons. The Morgan fingerprint density at radius 2 is 1.69 bits per heavy atom. The minimum atomic E-state index is -0.243. The van der Waals surface area contributed by atoms with Gasteiger partial charge in [-0.2, -0.15) is 0 Å².